The van der Waals surface area contributed by atoms with Crippen LogP contribution in [0.3, 0.4) is 0 Å². The van der Waals surface area contributed by atoms with Crippen molar-refractivity contribution in [3.8, 4) is 11.5 Å². The van der Waals surface area contributed by atoms with E-state index < -0.39 is 0 Å². The first-order valence-corrected chi connectivity index (χ1v) is 6.69. The Morgan fingerprint density at radius 1 is 1.25 bits per heavy atom. The highest BCUT2D eigenvalue weighted by atomic mass is 16.7. The standard InChI is InChI=1S/C16H18O4/c1-2-18-16(17)8-6-4-3-5-7-13-9-10-14-15(11-13)20-12-19-14/h5-11H,2-4,12H2,1H3/b7-5+,8-6+. The number of hydrogen-bond acceptors (Lipinski definition) is 4. The maximum Gasteiger partial charge on any atom is 0.330 e. The summed E-state index contributed by atoms with van der Waals surface area (Å²) in [4.78, 5) is 11.1. The molecule has 2 rings (SSSR count). The van der Waals surface area contributed by atoms with Gasteiger partial charge in [-0.2, -0.15) is 0 Å². The molecule has 0 unspecified atom stereocenters. The van der Waals surface area contributed by atoms with E-state index >= 15 is 0 Å². The first-order chi connectivity index (χ1) is 9.79. The lowest BCUT2D eigenvalue weighted by molar-refractivity contribution is -0.137. The van der Waals surface area contributed by atoms with Gasteiger partial charge in [0.25, 0.3) is 0 Å². The molecular formula is C16H18O4. The molecule has 106 valence electrons. The lowest BCUT2D eigenvalue weighted by Gasteiger charge is -1.97. The SMILES string of the molecule is CCOC(=O)/C=C/CC/C=C/c1ccc2c(c1)OCO2. The third-order valence-corrected chi connectivity index (χ3v) is 2.75. The monoisotopic (exact) mass is 274 g/mol. The van der Waals surface area contributed by atoms with E-state index in [0.717, 1.165) is 29.9 Å². The molecule has 0 aliphatic carbocycles. The third kappa shape index (κ3) is 4.16. The van der Waals surface area contributed by atoms with Crippen molar-refractivity contribution in [2.75, 3.05) is 13.4 Å². The number of allylic oxidation sites excluding steroid dienone is 2. The van der Waals surface area contributed by atoms with Gasteiger partial charge in [0.15, 0.2) is 11.5 Å². The van der Waals surface area contributed by atoms with E-state index in [1.807, 2.05) is 30.4 Å². The van der Waals surface area contributed by atoms with Crippen LogP contribution in [0, 0.1) is 0 Å². The molecule has 0 bridgehead atoms. The highest BCUT2D eigenvalue weighted by Gasteiger charge is 2.11. The van der Waals surface area contributed by atoms with E-state index in [4.69, 9.17) is 14.2 Å². The van der Waals surface area contributed by atoms with Crippen LogP contribution in [0.2, 0.25) is 0 Å². The Kier molecular flexibility index (Phi) is 5.24. The maximum absolute atomic E-state index is 11.1. The molecule has 0 saturated heterocycles. The summed E-state index contributed by atoms with van der Waals surface area (Å²) >= 11 is 0. The summed E-state index contributed by atoms with van der Waals surface area (Å²) in [6.45, 7) is 2.49. The van der Waals surface area contributed by atoms with Crippen LogP contribution >= 0.6 is 0 Å². The molecule has 4 nitrogen and oxygen atoms in total. The summed E-state index contributed by atoms with van der Waals surface area (Å²) in [5.41, 5.74) is 1.07. The van der Waals surface area contributed by atoms with Gasteiger partial charge in [-0.15, -0.1) is 0 Å². The van der Waals surface area contributed by atoms with Crippen molar-refractivity contribution in [2.45, 2.75) is 19.8 Å². The molecule has 0 aromatic heterocycles. The number of ether oxygens (including phenoxy) is 3. The normalized spacial score (nSPS) is 13.2. The Labute approximate surface area is 118 Å². The second-order valence-corrected chi connectivity index (χ2v) is 4.25. The molecule has 1 heterocycles. The third-order valence-electron chi connectivity index (χ3n) is 2.75. The Hall–Kier alpha value is -2.23. The van der Waals surface area contributed by atoms with Gasteiger partial charge in [-0.05, 0) is 37.5 Å². The fraction of sp³-hybridized carbons (Fsp3) is 0.312. The van der Waals surface area contributed by atoms with Gasteiger partial charge in [0.05, 0.1) is 6.61 Å². The van der Waals surface area contributed by atoms with Crippen LogP contribution < -0.4 is 9.47 Å². The Balaban J connectivity index is 1.75. The van der Waals surface area contributed by atoms with Crippen LogP contribution in [0.5, 0.6) is 11.5 Å². The van der Waals surface area contributed by atoms with E-state index in [1.54, 1.807) is 6.92 Å². The van der Waals surface area contributed by atoms with E-state index in [-0.39, 0.29) is 5.97 Å². The van der Waals surface area contributed by atoms with Gasteiger partial charge >= 0.3 is 5.97 Å². The van der Waals surface area contributed by atoms with Crippen LogP contribution in [0.25, 0.3) is 6.08 Å². The minimum Gasteiger partial charge on any atom is -0.463 e. The fourth-order valence-corrected chi connectivity index (χ4v) is 1.80. The number of carbonyl (C=O) groups excluding carboxylic acids is 1. The molecule has 4 heteroatoms. The van der Waals surface area contributed by atoms with Gasteiger partial charge in [0.2, 0.25) is 6.79 Å². The molecule has 1 aromatic carbocycles. The second kappa shape index (κ2) is 7.38. The maximum atomic E-state index is 11.1. The average molecular weight is 274 g/mol. The molecule has 0 fully saturated rings. The minimum absolute atomic E-state index is 0.285. The highest BCUT2D eigenvalue weighted by Crippen LogP contribution is 2.32. The zero-order valence-corrected chi connectivity index (χ0v) is 11.5. The number of hydrogen-bond donors (Lipinski definition) is 0. The lowest BCUT2D eigenvalue weighted by Crippen LogP contribution is -1.98. The van der Waals surface area contributed by atoms with E-state index in [2.05, 4.69) is 6.08 Å². The van der Waals surface area contributed by atoms with Crippen molar-refractivity contribution >= 4 is 12.0 Å². The number of unbranched alkanes of at least 4 members (excludes halogenated alkanes) is 1. The molecule has 0 spiro atoms. The number of fused-ring (bicyclic) bond motifs is 1. The van der Waals surface area contributed by atoms with Crippen molar-refractivity contribution in [2.24, 2.45) is 0 Å². The number of benzene rings is 1. The van der Waals surface area contributed by atoms with E-state index in [1.165, 1.54) is 6.08 Å². The van der Waals surface area contributed by atoms with E-state index in [0.29, 0.717) is 13.4 Å². The molecule has 0 N–H and O–H groups in total. The number of carbonyl (C=O) groups is 1. The fourth-order valence-electron chi connectivity index (χ4n) is 1.80. The van der Waals surface area contributed by atoms with Crippen LogP contribution in [0.1, 0.15) is 25.3 Å². The zero-order chi connectivity index (χ0) is 14.2. The highest BCUT2D eigenvalue weighted by molar-refractivity contribution is 5.81. The predicted octanol–water partition coefficient (Wildman–Crippen LogP) is 3.33. The zero-order valence-electron chi connectivity index (χ0n) is 11.5. The molecule has 20 heavy (non-hydrogen) atoms. The smallest absolute Gasteiger partial charge is 0.330 e. The van der Waals surface area contributed by atoms with Gasteiger partial charge in [-0.1, -0.05) is 24.3 Å². The Morgan fingerprint density at radius 3 is 2.90 bits per heavy atom. The molecule has 0 amide bonds. The molecule has 1 aliphatic heterocycles. The minimum atomic E-state index is -0.285. The first kappa shape index (κ1) is 14.2. The summed E-state index contributed by atoms with van der Waals surface area (Å²) < 4.78 is 15.4. The largest absolute Gasteiger partial charge is 0.463 e. The van der Waals surface area contributed by atoms with Crippen molar-refractivity contribution in [3.63, 3.8) is 0 Å². The summed E-state index contributed by atoms with van der Waals surface area (Å²) in [6.07, 6.45) is 9.05. The molecule has 0 saturated carbocycles. The van der Waals surface area contributed by atoms with E-state index in [9.17, 15) is 4.79 Å². The van der Waals surface area contributed by atoms with Gasteiger partial charge in [0.1, 0.15) is 0 Å². The predicted molar refractivity (Wildman–Crippen MR) is 76.6 cm³/mol. The van der Waals surface area contributed by atoms with Crippen molar-refractivity contribution in [1.29, 1.82) is 0 Å². The van der Waals surface area contributed by atoms with Crippen molar-refractivity contribution in [3.05, 3.63) is 42.0 Å². The van der Waals surface area contributed by atoms with Crippen molar-refractivity contribution < 1.29 is 19.0 Å². The Bertz CT molecular complexity index is 517. The van der Waals surface area contributed by atoms with Gasteiger partial charge in [-0.3, -0.25) is 0 Å². The quantitative estimate of drug-likeness (QED) is 0.453. The summed E-state index contributed by atoms with van der Waals surface area (Å²) in [5.74, 6) is 1.29. The summed E-state index contributed by atoms with van der Waals surface area (Å²) in [7, 11) is 0. The van der Waals surface area contributed by atoms with Gasteiger partial charge < -0.3 is 14.2 Å². The average Bonchev–Trinajstić information content (AvgIpc) is 2.90. The van der Waals surface area contributed by atoms with Crippen LogP contribution in [0.15, 0.2) is 36.4 Å². The first-order valence-electron chi connectivity index (χ1n) is 6.69. The Morgan fingerprint density at radius 2 is 2.05 bits per heavy atom. The molecular weight excluding hydrogens is 256 g/mol. The summed E-state index contributed by atoms with van der Waals surface area (Å²) in [5, 5.41) is 0. The second-order valence-electron chi connectivity index (χ2n) is 4.25. The lowest BCUT2D eigenvalue weighted by atomic mass is 10.1. The molecule has 1 aliphatic rings. The topological polar surface area (TPSA) is 44.8 Å². The molecule has 0 radical (unpaired) electrons. The van der Waals surface area contributed by atoms with Crippen LogP contribution in [-0.4, -0.2) is 19.4 Å². The molecule has 0 atom stereocenters. The van der Waals surface area contributed by atoms with Crippen molar-refractivity contribution in [1.82, 2.24) is 0 Å². The van der Waals surface area contributed by atoms with Gasteiger partial charge in [-0.25, -0.2) is 4.79 Å². The number of rotatable bonds is 6. The molecule has 1 aromatic rings. The van der Waals surface area contributed by atoms with Gasteiger partial charge in [0, 0.05) is 6.08 Å². The van der Waals surface area contributed by atoms with Crippen LogP contribution in [-0.2, 0) is 9.53 Å². The van der Waals surface area contributed by atoms with Crippen LogP contribution in [0.4, 0.5) is 0 Å². The summed E-state index contributed by atoms with van der Waals surface area (Å²) in [6, 6.07) is 5.84. The number of esters is 1.